The topological polar surface area (TPSA) is 108 Å². The molecule has 0 saturated carbocycles. The van der Waals surface area contributed by atoms with Crippen LogP contribution in [0.2, 0.25) is 0 Å². The summed E-state index contributed by atoms with van der Waals surface area (Å²) in [5.74, 6) is 7.33. The van der Waals surface area contributed by atoms with Crippen molar-refractivity contribution in [1.82, 2.24) is 14.9 Å². The van der Waals surface area contributed by atoms with Gasteiger partial charge in [-0.05, 0) is 43.7 Å². The van der Waals surface area contributed by atoms with Crippen molar-refractivity contribution in [2.24, 2.45) is 0 Å². The highest BCUT2D eigenvalue weighted by Gasteiger charge is 2.21. The molecule has 1 amide bonds. The number of hydrogen-bond acceptors (Lipinski definition) is 7. The number of rotatable bonds is 6. The van der Waals surface area contributed by atoms with Crippen molar-refractivity contribution in [2.75, 3.05) is 18.3 Å². The average Bonchev–Trinajstić information content (AvgIpc) is 3.25. The van der Waals surface area contributed by atoms with Crippen LogP contribution < -0.4 is 15.9 Å². The van der Waals surface area contributed by atoms with Gasteiger partial charge in [-0.1, -0.05) is 17.8 Å². The maximum atomic E-state index is 12.5. The molecule has 1 atom stereocenters. The fourth-order valence-corrected chi connectivity index (χ4v) is 3.07. The Morgan fingerprint density at radius 1 is 1.38 bits per heavy atom. The molecule has 1 unspecified atom stereocenters. The first kappa shape index (κ1) is 17.9. The number of amides is 1. The van der Waals surface area contributed by atoms with Gasteiger partial charge in [-0.25, -0.2) is 4.68 Å². The Bertz CT molecular complexity index is 907. The Kier molecular flexibility index (Phi) is 5.17. The number of anilines is 1. The molecule has 2 aromatic heterocycles. The molecule has 0 saturated heterocycles. The highest BCUT2D eigenvalue weighted by atomic mass is 32.2. The summed E-state index contributed by atoms with van der Waals surface area (Å²) < 4.78 is 11.9. The molecular weight excluding hydrogens is 354 g/mol. The molecule has 0 spiro atoms. The molecule has 9 heteroatoms. The number of thioether (sulfide) groups is 1. The Morgan fingerprint density at radius 2 is 2.19 bits per heavy atom. The van der Waals surface area contributed by atoms with Crippen molar-refractivity contribution in [3.8, 4) is 17.3 Å². The van der Waals surface area contributed by atoms with Gasteiger partial charge >= 0.3 is 0 Å². The van der Waals surface area contributed by atoms with Gasteiger partial charge in [0.2, 0.25) is 16.9 Å². The van der Waals surface area contributed by atoms with E-state index in [0.717, 1.165) is 5.56 Å². The van der Waals surface area contributed by atoms with Crippen LogP contribution in [0.4, 0.5) is 5.69 Å². The zero-order valence-corrected chi connectivity index (χ0v) is 15.4. The standard InChI is InChI=1S/C17H19N5O3S/c1-10-6-7-13(24-3)12(9-10)19-16(23)11(2)26-17-21-20-15(22(17)18)14-5-4-8-25-14/h4-9,11H,18H2,1-3H3,(H,19,23). The van der Waals surface area contributed by atoms with Crippen molar-refractivity contribution in [1.29, 1.82) is 0 Å². The minimum atomic E-state index is -0.448. The minimum absolute atomic E-state index is 0.193. The first-order chi connectivity index (χ1) is 12.5. The van der Waals surface area contributed by atoms with Gasteiger partial charge in [-0.2, -0.15) is 0 Å². The van der Waals surface area contributed by atoms with Gasteiger partial charge in [-0.3, -0.25) is 4.79 Å². The molecule has 0 fully saturated rings. The molecule has 0 aliphatic heterocycles. The number of carbonyl (C=O) groups is 1. The van der Waals surface area contributed by atoms with E-state index in [4.69, 9.17) is 15.0 Å². The van der Waals surface area contributed by atoms with Crippen molar-refractivity contribution in [3.05, 3.63) is 42.2 Å². The number of nitrogens with zero attached hydrogens (tertiary/aromatic N) is 3. The molecule has 3 N–H and O–H groups in total. The minimum Gasteiger partial charge on any atom is -0.495 e. The number of nitrogens with one attached hydrogen (secondary N) is 1. The summed E-state index contributed by atoms with van der Waals surface area (Å²) in [5.41, 5.74) is 1.64. The van der Waals surface area contributed by atoms with E-state index in [1.165, 1.54) is 22.7 Å². The molecule has 2 heterocycles. The number of carbonyl (C=O) groups excluding carboxylic acids is 1. The van der Waals surface area contributed by atoms with Crippen LogP contribution in [0.25, 0.3) is 11.6 Å². The summed E-state index contributed by atoms with van der Waals surface area (Å²) in [6, 6.07) is 9.06. The van der Waals surface area contributed by atoms with E-state index in [2.05, 4.69) is 15.5 Å². The number of furan rings is 1. The molecule has 3 rings (SSSR count). The van der Waals surface area contributed by atoms with E-state index < -0.39 is 5.25 Å². The van der Waals surface area contributed by atoms with Crippen LogP contribution in [0.5, 0.6) is 5.75 Å². The van der Waals surface area contributed by atoms with Gasteiger partial charge < -0.3 is 20.3 Å². The van der Waals surface area contributed by atoms with Crippen LogP contribution >= 0.6 is 11.8 Å². The Balaban J connectivity index is 1.71. The van der Waals surface area contributed by atoms with Crippen molar-refractivity contribution < 1.29 is 13.9 Å². The second-order valence-electron chi connectivity index (χ2n) is 5.61. The van der Waals surface area contributed by atoms with E-state index in [1.54, 1.807) is 26.2 Å². The molecule has 26 heavy (non-hydrogen) atoms. The van der Waals surface area contributed by atoms with E-state index in [0.29, 0.717) is 28.2 Å². The highest BCUT2D eigenvalue weighted by molar-refractivity contribution is 8.00. The number of methoxy groups -OCH3 is 1. The quantitative estimate of drug-likeness (QED) is 0.505. The number of aryl methyl sites for hydroxylation is 1. The predicted molar refractivity (Wildman–Crippen MR) is 99.6 cm³/mol. The molecule has 1 aromatic carbocycles. The SMILES string of the molecule is COc1ccc(C)cc1NC(=O)C(C)Sc1nnc(-c2ccco2)n1N. The van der Waals surface area contributed by atoms with Crippen LogP contribution in [-0.2, 0) is 4.79 Å². The number of nitrogen functional groups attached to an aromatic ring is 1. The highest BCUT2D eigenvalue weighted by Crippen LogP contribution is 2.28. The third-order valence-corrected chi connectivity index (χ3v) is 4.73. The summed E-state index contributed by atoms with van der Waals surface area (Å²) in [5, 5.41) is 10.9. The first-order valence-corrected chi connectivity index (χ1v) is 8.74. The normalized spacial score (nSPS) is 12.0. The van der Waals surface area contributed by atoms with Crippen LogP contribution in [-0.4, -0.2) is 33.1 Å². The molecule has 0 radical (unpaired) electrons. The van der Waals surface area contributed by atoms with Gasteiger partial charge in [0.1, 0.15) is 5.75 Å². The Hall–Kier alpha value is -2.94. The smallest absolute Gasteiger partial charge is 0.237 e. The third kappa shape index (κ3) is 3.67. The number of benzene rings is 1. The second-order valence-corrected chi connectivity index (χ2v) is 6.91. The summed E-state index contributed by atoms with van der Waals surface area (Å²) in [6.07, 6.45) is 1.53. The lowest BCUT2D eigenvalue weighted by atomic mass is 10.2. The predicted octanol–water partition coefficient (Wildman–Crippen LogP) is 2.69. The van der Waals surface area contributed by atoms with Crippen molar-refractivity contribution >= 4 is 23.4 Å². The van der Waals surface area contributed by atoms with Gasteiger partial charge in [0.15, 0.2) is 5.76 Å². The zero-order chi connectivity index (χ0) is 18.7. The third-order valence-electron chi connectivity index (χ3n) is 3.67. The summed E-state index contributed by atoms with van der Waals surface area (Å²) in [4.78, 5) is 12.5. The van der Waals surface area contributed by atoms with E-state index in [1.807, 2.05) is 25.1 Å². The van der Waals surface area contributed by atoms with Gasteiger partial charge in [0, 0.05) is 0 Å². The summed E-state index contributed by atoms with van der Waals surface area (Å²) in [6.45, 7) is 3.71. The first-order valence-electron chi connectivity index (χ1n) is 7.86. The largest absolute Gasteiger partial charge is 0.495 e. The Morgan fingerprint density at radius 3 is 2.88 bits per heavy atom. The van der Waals surface area contributed by atoms with E-state index in [9.17, 15) is 4.79 Å². The average molecular weight is 373 g/mol. The van der Waals surface area contributed by atoms with Crippen molar-refractivity contribution in [3.63, 3.8) is 0 Å². The molecule has 0 bridgehead atoms. The molecular formula is C17H19N5O3S. The monoisotopic (exact) mass is 373 g/mol. The number of hydrogen-bond donors (Lipinski definition) is 2. The Labute approximate surface area is 154 Å². The molecule has 0 aliphatic rings. The van der Waals surface area contributed by atoms with Gasteiger partial charge in [0.25, 0.3) is 0 Å². The molecule has 0 aliphatic carbocycles. The summed E-state index contributed by atoms with van der Waals surface area (Å²) in [7, 11) is 1.56. The lowest BCUT2D eigenvalue weighted by Crippen LogP contribution is -2.24. The van der Waals surface area contributed by atoms with Gasteiger partial charge in [-0.15, -0.1) is 10.2 Å². The van der Waals surface area contributed by atoms with E-state index in [-0.39, 0.29) is 5.91 Å². The van der Waals surface area contributed by atoms with Gasteiger partial charge in [0.05, 0.1) is 24.3 Å². The lowest BCUT2D eigenvalue weighted by Gasteiger charge is -2.14. The summed E-state index contributed by atoms with van der Waals surface area (Å²) >= 11 is 1.20. The lowest BCUT2D eigenvalue weighted by molar-refractivity contribution is -0.115. The molecule has 136 valence electrons. The number of ether oxygens (including phenoxy) is 1. The fourth-order valence-electron chi connectivity index (χ4n) is 2.30. The maximum absolute atomic E-state index is 12.5. The fraction of sp³-hybridized carbons (Fsp3) is 0.235. The van der Waals surface area contributed by atoms with Crippen LogP contribution in [0.15, 0.2) is 46.2 Å². The van der Waals surface area contributed by atoms with Crippen LogP contribution in [0.3, 0.4) is 0 Å². The second kappa shape index (κ2) is 7.52. The maximum Gasteiger partial charge on any atom is 0.237 e. The van der Waals surface area contributed by atoms with Crippen LogP contribution in [0.1, 0.15) is 12.5 Å². The van der Waals surface area contributed by atoms with E-state index >= 15 is 0 Å². The number of aromatic nitrogens is 3. The zero-order valence-electron chi connectivity index (χ0n) is 14.6. The molecule has 3 aromatic rings. The van der Waals surface area contributed by atoms with Crippen LogP contribution in [0, 0.1) is 6.92 Å². The number of nitrogens with two attached hydrogens (primary N) is 1. The van der Waals surface area contributed by atoms with Crippen molar-refractivity contribution in [2.45, 2.75) is 24.3 Å². The molecule has 8 nitrogen and oxygen atoms in total.